The van der Waals surface area contributed by atoms with Crippen LogP contribution in [0.3, 0.4) is 0 Å². The van der Waals surface area contributed by atoms with E-state index in [9.17, 15) is 0 Å². The first-order valence-corrected chi connectivity index (χ1v) is 9.18. The summed E-state index contributed by atoms with van der Waals surface area (Å²) in [7, 11) is 0. The molecule has 1 aromatic carbocycles. The summed E-state index contributed by atoms with van der Waals surface area (Å²) in [5.74, 6) is 0.873. The molecule has 1 heterocycles. The molecule has 2 nitrogen and oxygen atoms in total. The number of nitrogens with zero attached hydrogens (tertiary/aromatic N) is 1. The lowest BCUT2D eigenvalue weighted by atomic mass is 9.96. The van der Waals surface area contributed by atoms with Gasteiger partial charge in [-0.25, -0.2) is 0 Å². The second-order valence-electron chi connectivity index (χ2n) is 6.42. The minimum atomic E-state index is 0. The number of nitrogens with one attached hydrogen (secondary N) is 1. The quantitative estimate of drug-likeness (QED) is 0.807. The van der Waals surface area contributed by atoms with E-state index in [1.807, 2.05) is 13.8 Å². The van der Waals surface area contributed by atoms with Crippen molar-refractivity contribution < 1.29 is 1.43 Å². The lowest BCUT2D eigenvalue weighted by molar-refractivity contribution is 0.173. The van der Waals surface area contributed by atoms with Gasteiger partial charge in [-0.15, -0.1) is 0 Å². The van der Waals surface area contributed by atoms with E-state index in [4.69, 9.17) is 0 Å². The molecule has 0 aliphatic carbocycles. The third kappa shape index (κ3) is 6.93. The Morgan fingerprint density at radius 3 is 2.32 bits per heavy atom. The van der Waals surface area contributed by atoms with Gasteiger partial charge in [-0.05, 0) is 64.2 Å². The molecule has 0 amide bonds. The van der Waals surface area contributed by atoms with Gasteiger partial charge in [0, 0.05) is 14.0 Å². The normalized spacial score (nSPS) is 17.7. The molecule has 0 aromatic heterocycles. The molecule has 0 bridgehead atoms. The van der Waals surface area contributed by atoms with Crippen molar-refractivity contribution >= 4 is 0 Å². The van der Waals surface area contributed by atoms with Crippen LogP contribution in [0.25, 0.3) is 0 Å². The Kier molecular flexibility index (Phi) is 9.42. The van der Waals surface area contributed by atoms with Gasteiger partial charge in [0.1, 0.15) is 0 Å². The standard InChI is InChI=1S/C18H30N2.C2H6.H2/c1-4-16(3)19-13-17-9-11-20(12-10-17)14-18-7-5-15(2)6-8-18;1-2;/h5-8,16-17,19H,4,9-14H2,1-3H3;1-2H3;1H. The van der Waals surface area contributed by atoms with Crippen LogP contribution in [0.2, 0.25) is 0 Å². The maximum atomic E-state index is 3.65. The molecule has 1 aliphatic rings. The maximum absolute atomic E-state index is 3.65. The molecular weight excluding hydrogens is 268 g/mol. The van der Waals surface area contributed by atoms with Crippen LogP contribution in [0.15, 0.2) is 24.3 Å². The van der Waals surface area contributed by atoms with Crippen molar-refractivity contribution in [2.24, 2.45) is 5.92 Å². The van der Waals surface area contributed by atoms with Crippen LogP contribution >= 0.6 is 0 Å². The van der Waals surface area contributed by atoms with Gasteiger partial charge in [0.15, 0.2) is 0 Å². The van der Waals surface area contributed by atoms with E-state index in [-0.39, 0.29) is 1.43 Å². The van der Waals surface area contributed by atoms with Crippen molar-refractivity contribution in [3.05, 3.63) is 35.4 Å². The van der Waals surface area contributed by atoms with Gasteiger partial charge < -0.3 is 5.32 Å². The van der Waals surface area contributed by atoms with Crippen LogP contribution in [-0.4, -0.2) is 30.6 Å². The number of hydrogen-bond donors (Lipinski definition) is 1. The highest BCUT2D eigenvalue weighted by atomic mass is 15.1. The Morgan fingerprint density at radius 1 is 1.18 bits per heavy atom. The van der Waals surface area contributed by atoms with E-state index in [1.165, 1.54) is 50.0 Å². The van der Waals surface area contributed by atoms with E-state index in [0.717, 1.165) is 12.5 Å². The molecule has 0 radical (unpaired) electrons. The van der Waals surface area contributed by atoms with Gasteiger partial charge in [-0.3, -0.25) is 4.90 Å². The Hall–Kier alpha value is -0.860. The summed E-state index contributed by atoms with van der Waals surface area (Å²) < 4.78 is 0. The van der Waals surface area contributed by atoms with Crippen LogP contribution in [0, 0.1) is 12.8 Å². The van der Waals surface area contributed by atoms with Crippen LogP contribution in [0.4, 0.5) is 0 Å². The van der Waals surface area contributed by atoms with Crippen molar-refractivity contribution in [1.29, 1.82) is 0 Å². The van der Waals surface area contributed by atoms with Crippen molar-refractivity contribution in [2.75, 3.05) is 19.6 Å². The Balaban J connectivity index is 0.00000155. The minimum absolute atomic E-state index is 0. The minimum Gasteiger partial charge on any atom is -0.314 e. The highest BCUT2D eigenvalue weighted by Gasteiger charge is 2.19. The molecule has 1 N–H and O–H groups in total. The zero-order valence-corrected chi connectivity index (χ0v) is 15.4. The average molecular weight is 307 g/mol. The summed E-state index contributed by atoms with van der Waals surface area (Å²) in [6, 6.07) is 9.65. The number of hydrogen-bond acceptors (Lipinski definition) is 2. The molecule has 0 spiro atoms. The topological polar surface area (TPSA) is 15.3 Å². The summed E-state index contributed by atoms with van der Waals surface area (Å²) >= 11 is 0. The maximum Gasteiger partial charge on any atom is 0.0233 e. The zero-order valence-electron chi connectivity index (χ0n) is 15.4. The molecule has 1 unspecified atom stereocenters. The van der Waals surface area contributed by atoms with Gasteiger partial charge in [-0.1, -0.05) is 50.6 Å². The first-order valence-electron chi connectivity index (χ1n) is 9.18. The summed E-state index contributed by atoms with van der Waals surface area (Å²) in [6.07, 6.45) is 3.91. The Morgan fingerprint density at radius 2 is 1.77 bits per heavy atom. The SMILES string of the molecule is CC.CCC(C)NCC1CCN(Cc2ccc(C)cc2)CC1.[HH]. The van der Waals surface area contributed by atoms with Crippen molar-refractivity contribution in [3.8, 4) is 0 Å². The largest absolute Gasteiger partial charge is 0.314 e. The molecule has 2 heteroatoms. The summed E-state index contributed by atoms with van der Waals surface area (Å²) in [4.78, 5) is 2.60. The molecular formula is C20H38N2. The fourth-order valence-electron chi connectivity index (χ4n) is 2.81. The van der Waals surface area contributed by atoms with E-state index < -0.39 is 0 Å². The Bertz CT molecular complexity index is 383. The molecule has 1 saturated heterocycles. The summed E-state index contributed by atoms with van der Waals surface area (Å²) in [5.41, 5.74) is 2.80. The third-order valence-corrected chi connectivity index (χ3v) is 4.60. The van der Waals surface area contributed by atoms with Crippen LogP contribution in [0.1, 0.15) is 59.5 Å². The molecule has 2 rings (SSSR count). The smallest absolute Gasteiger partial charge is 0.0233 e. The molecule has 1 fully saturated rings. The second kappa shape index (κ2) is 10.8. The van der Waals surface area contributed by atoms with Crippen LogP contribution in [-0.2, 0) is 6.54 Å². The van der Waals surface area contributed by atoms with Gasteiger partial charge in [0.25, 0.3) is 0 Å². The highest BCUT2D eigenvalue weighted by Crippen LogP contribution is 2.18. The summed E-state index contributed by atoms with van der Waals surface area (Å²) in [5, 5.41) is 3.65. The average Bonchev–Trinajstić information content (AvgIpc) is 2.58. The molecule has 128 valence electrons. The zero-order chi connectivity index (χ0) is 16.4. The fourth-order valence-corrected chi connectivity index (χ4v) is 2.81. The molecule has 1 aromatic rings. The number of likely N-dealkylation sites (tertiary alicyclic amines) is 1. The highest BCUT2D eigenvalue weighted by molar-refractivity contribution is 5.21. The fraction of sp³-hybridized carbons (Fsp3) is 0.700. The Labute approximate surface area is 139 Å². The summed E-state index contributed by atoms with van der Waals surface area (Å²) in [6.45, 7) is 15.5. The lowest BCUT2D eigenvalue weighted by Gasteiger charge is -2.32. The van der Waals surface area contributed by atoms with Gasteiger partial charge in [-0.2, -0.15) is 0 Å². The van der Waals surface area contributed by atoms with Crippen LogP contribution in [0.5, 0.6) is 0 Å². The first-order chi connectivity index (χ1) is 10.7. The number of aryl methyl sites for hydroxylation is 1. The van der Waals surface area contributed by atoms with E-state index >= 15 is 0 Å². The number of rotatable bonds is 6. The van der Waals surface area contributed by atoms with Crippen molar-refractivity contribution in [2.45, 2.75) is 66.5 Å². The van der Waals surface area contributed by atoms with Gasteiger partial charge >= 0.3 is 0 Å². The van der Waals surface area contributed by atoms with E-state index in [0.29, 0.717) is 6.04 Å². The monoisotopic (exact) mass is 306 g/mol. The van der Waals surface area contributed by atoms with Gasteiger partial charge in [0.05, 0.1) is 0 Å². The van der Waals surface area contributed by atoms with Crippen molar-refractivity contribution in [3.63, 3.8) is 0 Å². The van der Waals surface area contributed by atoms with Crippen LogP contribution < -0.4 is 5.32 Å². The molecule has 0 saturated carbocycles. The number of benzene rings is 1. The second-order valence-corrected chi connectivity index (χ2v) is 6.42. The third-order valence-electron chi connectivity index (χ3n) is 4.60. The molecule has 22 heavy (non-hydrogen) atoms. The predicted octanol–water partition coefficient (Wildman–Crippen LogP) is 4.87. The first kappa shape index (κ1) is 19.2. The van der Waals surface area contributed by atoms with Crippen molar-refractivity contribution in [1.82, 2.24) is 10.2 Å². The number of piperidine rings is 1. The van der Waals surface area contributed by atoms with Gasteiger partial charge in [0.2, 0.25) is 0 Å². The molecule has 1 atom stereocenters. The van der Waals surface area contributed by atoms with E-state index in [1.54, 1.807) is 0 Å². The lowest BCUT2D eigenvalue weighted by Crippen LogP contribution is -2.38. The predicted molar refractivity (Wildman–Crippen MR) is 100 cm³/mol. The molecule has 1 aliphatic heterocycles. The van der Waals surface area contributed by atoms with E-state index in [2.05, 4.69) is 55.3 Å².